The summed E-state index contributed by atoms with van der Waals surface area (Å²) in [6.07, 6.45) is -1.52. The molecule has 0 radical (unpaired) electrons. The number of aromatic carboxylic acids is 1. The average Bonchev–Trinajstić information content (AvgIpc) is 2.76. The number of carboxylic acids is 1. The van der Waals surface area contributed by atoms with Crippen LogP contribution in [0.3, 0.4) is 0 Å². The van der Waals surface area contributed by atoms with Gasteiger partial charge in [-0.15, -0.1) is 0 Å². The molecule has 2 rings (SSSR count). The summed E-state index contributed by atoms with van der Waals surface area (Å²) in [5.41, 5.74) is 0.872. The zero-order valence-electron chi connectivity index (χ0n) is 17.6. The summed E-state index contributed by atoms with van der Waals surface area (Å²) in [5, 5.41) is 9.46. The highest BCUT2D eigenvalue weighted by Gasteiger charge is 2.24. The molecule has 0 atom stereocenters. The summed E-state index contributed by atoms with van der Waals surface area (Å²) >= 11 is 0. The summed E-state index contributed by atoms with van der Waals surface area (Å²) in [6, 6.07) is 12.5. The van der Waals surface area contributed by atoms with E-state index < -0.39 is 36.8 Å². The Balaban J connectivity index is 2.27. The first-order chi connectivity index (χ1) is 15.1. The minimum absolute atomic E-state index is 0.0106. The highest BCUT2D eigenvalue weighted by molar-refractivity contribution is 6.02. The second kappa shape index (κ2) is 10.7. The summed E-state index contributed by atoms with van der Waals surface area (Å²) in [4.78, 5) is 48.0. The van der Waals surface area contributed by atoms with Crippen molar-refractivity contribution in [3.8, 4) is 11.1 Å². The first-order valence-corrected chi connectivity index (χ1v) is 9.43. The molecule has 0 saturated carbocycles. The second-order valence-corrected chi connectivity index (χ2v) is 6.80. The van der Waals surface area contributed by atoms with E-state index in [1.807, 2.05) is 0 Å². The van der Waals surface area contributed by atoms with Crippen LogP contribution in [-0.2, 0) is 23.8 Å². The number of carbonyl (C=O) groups is 4. The number of esters is 3. The second-order valence-electron chi connectivity index (χ2n) is 6.80. The normalized spacial score (nSPS) is 10.2. The topological polar surface area (TPSA) is 116 Å². The Morgan fingerprint density at radius 3 is 1.72 bits per heavy atom. The number of hydrogen-bond acceptors (Lipinski definition) is 7. The molecular weight excluding hydrogens is 416 g/mol. The Bertz CT molecular complexity index is 1050. The predicted molar refractivity (Wildman–Crippen MR) is 115 cm³/mol. The molecule has 0 saturated heterocycles. The van der Waals surface area contributed by atoms with Gasteiger partial charge in [0.1, 0.15) is 0 Å². The highest BCUT2D eigenvalue weighted by Crippen LogP contribution is 2.28. The van der Waals surface area contributed by atoms with Crippen molar-refractivity contribution in [2.75, 3.05) is 6.61 Å². The van der Waals surface area contributed by atoms with Crippen LogP contribution in [-0.4, -0.2) is 41.9 Å². The molecule has 8 heteroatoms. The number of rotatable bonds is 9. The van der Waals surface area contributed by atoms with Crippen LogP contribution in [0.5, 0.6) is 0 Å². The molecule has 0 aromatic heterocycles. The minimum atomic E-state index is -1.52. The van der Waals surface area contributed by atoms with E-state index in [4.69, 9.17) is 14.2 Å². The average molecular weight is 438 g/mol. The third kappa shape index (κ3) is 6.15. The third-order valence-corrected chi connectivity index (χ3v) is 4.12. The van der Waals surface area contributed by atoms with Crippen LogP contribution in [0.4, 0.5) is 0 Å². The van der Waals surface area contributed by atoms with Crippen LogP contribution >= 0.6 is 0 Å². The van der Waals surface area contributed by atoms with Gasteiger partial charge in [0.25, 0.3) is 6.29 Å². The maximum atomic E-state index is 12.8. The Morgan fingerprint density at radius 2 is 1.25 bits per heavy atom. The van der Waals surface area contributed by atoms with Gasteiger partial charge in [-0.05, 0) is 37.1 Å². The van der Waals surface area contributed by atoms with Gasteiger partial charge in [-0.1, -0.05) is 49.6 Å². The van der Waals surface area contributed by atoms with E-state index in [1.54, 1.807) is 36.4 Å². The van der Waals surface area contributed by atoms with E-state index in [2.05, 4.69) is 13.2 Å². The van der Waals surface area contributed by atoms with Gasteiger partial charge < -0.3 is 19.3 Å². The Kier molecular flexibility index (Phi) is 8.06. The summed E-state index contributed by atoms with van der Waals surface area (Å²) in [6.45, 7) is 9.11. The van der Waals surface area contributed by atoms with Gasteiger partial charge in [-0.3, -0.25) is 0 Å². The van der Waals surface area contributed by atoms with Gasteiger partial charge in [-0.25, -0.2) is 19.2 Å². The number of ether oxygens (including phenoxy) is 3. The lowest BCUT2D eigenvalue weighted by molar-refractivity contribution is -0.188. The SMILES string of the molecule is C=C(C)C(=O)OC(COC(=O)c1ccccc1-c1ccccc1C(=O)O)OC(=O)C(=C)C. The van der Waals surface area contributed by atoms with Gasteiger partial charge in [0.15, 0.2) is 6.61 Å². The van der Waals surface area contributed by atoms with Crippen LogP contribution in [0, 0.1) is 0 Å². The van der Waals surface area contributed by atoms with Gasteiger partial charge in [0.05, 0.1) is 11.1 Å². The fourth-order valence-corrected chi connectivity index (χ4v) is 2.55. The van der Waals surface area contributed by atoms with Gasteiger partial charge >= 0.3 is 23.9 Å². The van der Waals surface area contributed by atoms with Crippen molar-refractivity contribution in [1.29, 1.82) is 0 Å². The molecule has 0 fully saturated rings. The number of hydrogen-bond donors (Lipinski definition) is 1. The molecule has 32 heavy (non-hydrogen) atoms. The van der Waals surface area contributed by atoms with Crippen molar-refractivity contribution in [1.82, 2.24) is 0 Å². The lowest BCUT2D eigenvalue weighted by Gasteiger charge is -2.19. The van der Waals surface area contributed by atoms with Gasteiger partial charge in [-0.2, -0.15) is 0 Å². The molecule has 2 aromatic carbocycles. The molecule has 0 unspecified atom stereocenters. The minimum Gasteiger partial charge on any atom is -0.478 e. The van der Waals surface area contributed by atoms with Crippen molar-refractivity contribution in [3.63, 3.8) is 0 Å². The zero-order valence-corrected chi connectivity index (χ0v) is 17.6. The highest BCUT2D eigenvalue weighted by atomic mass is 16.7. The fraction of sp³-hybridized carbons (Fsp3) is 0.167. The lowest BCUT2D eigenvalue weighted by Crippen LogP contribution is -2.30. The molecule has 1 N–H and O–H groups in total. The quantitative estimate of drug-likeness (QED) is 0.357. The molecule has 0 aliphatic rings. The van der Waals surface area contributed by atoms with E-state index >= 15 is 0 Å². The van der Waals surface area contributed by atoms with Crippen LogP contribution in [0.2, 0.25) is 0 Å². The third-order valence-electron chi connectivity index (χ3n) is 4.12. The van der Waals surface area contributed by atoms with E-state index in [-0.39, 0.29) is 22.3 Å². The molecule has 166 valence electrons. The van der Waals surface area contributed by atoms with Crippen molar-refractivity contribution < 1.29 is 38.5 Å². The van der Waals surface area contributed by atoms with Crippen LogP contribution in [0.1, 0.15) is 34.6 Å². The summed E-state index contributed by atoms with van der Waals surface area (Å²) in [5.74, 6) is -3.65. The van der Waals surface area contributed by atoms with E-state index in [9.17, 15) is 24.3 Å². The Morgan fingerprint density at radius 1 is 0.812 bits per heavy atom. The first-order valence-electron chi connectivity index (χ1n) is 9.43. The monoisotopic (exact) mass is 438 g/mol. The van der Waals surface area contributed by atoms with Crippen molar-refractivity contribution >= 4 is 23.9 Å². The molecular formula is C24H22O8. The van der Waals surface area contributed by atoms with Crippen LogP contribution in [0.25, 0.3) is 11.1 Å². The van der Waals surface area contributed by atoms with Gasteiger partial charge in [0.2, 0.25) is 0 Å². The molecule has 0 heterocycles. The van der Waals surface area contributed by atoms with Gasteiger partial charge in [0, 0.05) is 11.1 Å². The van der Waals surface area contributed by atoms with E-state index in [1.165, 1.54) is 26.0 Å². The maximum absolute atomic E-state index is 12.8. The van der Waals surface area contributed by atoms with Crippen molar-refractivity contribution in [2.24, 2.45) is 0 Å². The largest absolute Gasteiger partial charge is 0.478 e. The summed E-state index contributed by atoms with van der Waals surface area (Å²) in [7, 11) is 0. The molecule has 0 aliphatic carbocycles. The zero-order chi connectivity index (χ0) is 23.8. The fourth-order valence-electron chi connectivity index (χ4n) is 2.55. The first kappa shape index (κ1) is 24.1. The predicted octanol–water partition coefficient (Wildman–Crippen LogP) is 3.77. The van der Waals surface area contributed by atoms with E-state index in [0.29, 0.717) is 11.1 Å². The Labute approximate surface area is 184 Å². The van der Waals surface area contributed by atoms with Crippen molar-refractivity contribution in [2.45, 2.75) is 20.1 Å². The van der Waals surface area contributed by atoms with Crippen LogP contribution < -0.4 is 0 Å². The number of benzene rings is 2. The molecule has 2 aromatic rings. The molecule has 0 spiro atoms. The van der Waals surface area contributed by atoms with E-state index in [0.717, 1.165) is 0 Å². The summed E-state index contributed by atoms with van der Waals surface area (Å²) < 4.78 is 15.2. The smallest absolute Gasteiger partial charge is 0.339 e. The molecule has 0 aliphatic heterocycles. The number of carboxylic acid groups (broad SMARTS) is 1. The molecule has 0 bridgehead atoms. The van der Waals surface area contributed by atoms with Crippen LogP contribution in [0.15, 0.2) is 72.8 Å². The van der Waals surface area contributed by atoms with Crippen molar-refractivity contribution in [3.05, 3.63) is 84.0 Å². The molecule has 8 nitrogen and oxygen atoms in total. The maximum Gasteiger partial charge on any atom is 0.339 e. The Hall–Kier alpha value is -4.20. The lowest BCUT2D eigenvalue weighted by atomic mass is 9.95. The molecule has 0 amide bonds. The number of carbonyl (C=O) groups excluding carboxylic acids is 3. The standard InChI is InChI=1S/C24H22O8/c1-14(2)22(27)31-20(32-23(28)15(3)4)13-30-24(29)19-12-8-6-10-17(19)16-9-5-7-11-18(16)21(25)26/h5-12,20H,1,3,13H2,2,4H3,(H,25,26).